The Bertz CT molecular complexity index is 1060. The number of carbonyl (C=O) groups is 2. The van der Waals surface area contributed by atoms with Gasteiger partial charge in [0, 0.05) is 30.2 Å². The van der Waals surface area contributed by atoms with Gasteiger partial charge in [0.15, 0.2) is 5.13 Å². The lowest BCUT2D eigenvalue weighted by atomic mass is 10.0. The zero-order chi connectivity index (χ0) is 20.1. The summed E-state index contributed by atoms with van der Waals surface area (Å²) in [6.07, 6.45) is 0. The molecule has 1 aliphatic rings. The molecule has 144 valence electrons. The maximum Gasteiger partial charge on any atom is 0.262 e. The van der Waals surface area contributed by atoms with E-state index in [4.69, 9.17) is 10.7 Å². The monoisotopic (exact) mass is 427 g/mol. The van der Waals surface area contributed by atoms with Crippen molar-refractivity contribution in [1.29, 1.82) is 0 Å². The van der Waals surface area contributed by atoms with Crippen LogP contribution < -0.4 is 5.32 Å². The minimum absolute atomic E-state index is 0.0734. The summed E-state index contributed by atoms with van der Waals surface area (Å²) in [6.45, 7) is 7.20. The quantitative estimate of drug-likeness (QED) is 0.754. The van der Waals surface area contributed by atoms with E-state index in [-0.39, 0.29) is 28.3 Å². The molecule has 0 aliphatic carbocycles. The lowest BCUT2D eigenvalue weighted by molar-refractivity contribution is -0.114. The fourth-order valence-corrected chi connectivity index (χ4v) is 5.14. The molecule has 0 atom stereocenters. The molecule has 0 saturated heterocycles. The molecule has 3 rings (SSSR count). The Morgan fingerprint density at radius 1 is 1.37 bits per heavy atom. The average molecular weight is 428 g/mol. The van der Waals surface area contributed by atoms with E-state index in [0.717, 1.165) is 0 Å². The van der Waals surface area contributed by atoms with Crippen molar-refractivity contribution in [3.8, 4) is 10.4 Å². The predicted molar refractivity (Wildman–Crippen MR) is 105 cm³/mol. The predicted octanol–water partition coefficient (Wildman–Crippen LogP) is 3.37. The van der Waals surface area contributed by atoms with Gasteiger partial charge < -0.3 is 10.2 Å². The summed E-state index contributed by atoms with van der Waals surface area (Å²) >= 11 is 1.23. The number of anilines is 1. The summed E-state index contributed by atoms with van der Waals surface area (Å²) in [5.74, 6) is -0.586. The van der Waals surface area contributed by atoms with Crippen molar-refractivity contribution in [2.75, 3.05) is 5.32 Å². The smallest absolute Gasteiger partial charge is 0.262 e. The number of fused-ring (bicyclic) bond motifs is 1. The summed E-state index contributed by atoms with van der Waals surface area (Å²) < 4.78 is 24.3. The Labute approximate surface area is 165 Å². The highest BCUT2D eigenvalue weighted by molar-refractivity contribution is 8.13. The third-order valence-corrected chi connectivity index (χ3v) is 6.70. The van der Waals surface area contributed by atoms with Gasteiger partial charge in [0.05, 0.1) is 21.0 Å². The summed E-state index contributed by atoms with van der Waals surface area (Å²) in [4.78, 5) is 30.4. The minimum atomic E-state index is -4.13. The van der Waals surface area contributed by atoms with E-state index in [2.05, 4.69) is 10.3 Å². The van der Waals surface area contributed by atoms with Crippen LogP contribution in [0.25, 0.3) is 10.4 Å². The number of aryl methyl sites for hydroxylation is 1. The second-order valence-electron chi connectivity index (χ2n) is 6.59. The molecule has 0 radical (unpaired) electrons. The molecule has 10 heteroatoms. The zero-order valence-corrected chi connectivity index (χ0v) is 17.5. The Kier molecular flexibility index (Phi) is 5.04. The number of amides is 2. The third-order valence-electron chi connectivity index (χ3n) is 4.23. The van der Waals surface area contributed by atoms with Crippen LogP contribution in [0.3, 0.4) is 0 Å². The number of nitrogens with one attached hydrogen (secondary N) is 1. The van der Waals surface area contributed by atoms with Crippen LogP contribution in [-0.4, -0.2) is 36.2 Å². The first-order valence-electron chi connectivity index (χ1n) is 8.17. The largest absolute Gasteiger partial charge is 0.332 e. The Morgan fingerprint density at radius 3 is 2.59 bits per heavy atom. The van der Waals surface area contributed by atoms with Crippen molar-refractivity contribution in [3.63, 3.8) is 0 Å². The molecule has 2 heterocycles. The van der Waals surface area contributed by atoms with Crippen LogP contribution in [0.4, 0.5) is 5.13 Å². The molecular formula is C17H18ClN3O4S2. The maximum absolute atomic E-state index is 12.7. The van der Waals surface area contributed by atoms with Crippen molar-refractivity contribution in [2.24, 2.45) is 0 Å². The summed E-state index contributed by atoms with van der Waals surface area (Å²) in [5.41, 5.74) is 1.98. The van der Waals surface area contributed by atoms with Crippen LogP contribution in [0, 0.1) is 6.92 Å². The number of carbonyl (C=O) groups excluding carboxylic acids is 2. The molecule has 0 saturated carbocycles. The molecule has 27 heavy (non-hydrogen) atoms. The van der Waals surface area contributed by atoms with Crippen LogP contribution in [0.15, 0.2) is 17.0 Å². The van der Waals surface area contributed by atoms with Gasteiger partial charge in [-0.3, -0.25) is 9.59 Å². The van der Waals surface area contributed by atoms with E-state index in [9.17, 15) is 18.0 Å². The Balaban J connectivity index is 2.19. The topological polar surface area (TPSA) is 96.4 Å². The molecule has 1 aromatic heterocycles. The number of nitrogens with zero attached hydrogens (tertiary/aromatic N) is 2. The van der Waals surface area contributed by atoms with Gasteiger partial charge in [0.1, 0.15) is 0 Å². The molecule has 2 amide bonds. The van der Waals surface area contributed by atoms with E-state index in [1.54, 1.807) is 17.9 Å². The summed E-state index contributed by atoms with van der Waals surface area (Å²) in [5, 5.41) is 3.05. The summed E-state index contributed by atoms with van der Waals surface area (Å²) in [6, 6.07) is 3.12. The van der Waals surface area contributed by atoms with Gasteiger partial charge in [-0.05, 0) is 44.0 Å². The van der Waals surface area contributed by atoms with E-state index in [1.807, 2.05) is 13.8 Å². The fourth-order valence-electron chi connectivity index (χ4n) is 3.05. The fraction of sp³-hybridized carbons (Fsp3) is 0.353. The normalized spacial score (nSPS) is 14.0. The van der Waals surface area contributed by atoms with Gasteiger partial charge in [-0.15, -0.1) is 0 Å². The first-order chi connectivity index (χ1) is 12.5. The van der Waals surface area contributed by atoms with Gasteiger partial charge >= 0.3 is 0 Å². The standard InChI is InChI=1S/C17H18ClN3O4S2/c1-8(2)21-7-12-5-11(6-13(27(18,24)25)14(12)16(21)23)15-9(3)19-17(26-15)20-10(4)22/h5-6,8H,7H2,1-4H3,(H,19,20,22). The molecule has 0 fully saturated rings. The van der Waals surface area contributed by atoms with Crippen LogP contribution in [-0.2, 0) is 20.4 Å². The number of aromatic nitrogens is 1. The summed E-state index contributed by atoms with van der Waals surface area (Å²) in [7, 11) is 1.51. The number of benzene rings is 1. The van der Waals surface area contributed by atoms with Crippen LogP contribution in [0.5, 0.6) is 0 Å². The molecular weight excluding hydrogens is 410 g/mol. The Hall–Kier alpha value is -1.97. The third kappa shape index (κ3) is 3.71. The second-order valence-corrected chi connectivity index (χ2v) is 10.1. The van der Waals surface area contributed by atoms with Crippen molar-refractivity contribution in [1.82, 2.24) is 9.88 Å². The number of halogens is 1. The maximum atomic E-state index is 12.7. The van der Waals surface area contributed by atoms with E-state index >= 15 is 0 Å². The van der Waals surface area contributed by atoms with Crippen LogP contribution >= 0.6 is 22.0 Å². The van der Waals surface area contributed by atoms with E-state index in [0.29, 0.717) is 33.4 Å². The number of hydrogen-bond donors (Lipinski definition) is 1. The average Bonchev–Trinajstić information content (AvgIpc) is 3.05. The Morgan fingerprint density at radius 2 is 2.04 bits per heavy atom. The van der Waals surface area contributed by atoms with Crippen LogP contribution in [0.1, 0.15) is 42.4 Å². The molecule has 0 unspecified atom stereocenters. The van der Waals surface area contributed by atoms with Gasteiger partial charge in [-0.2, -0.15) is 0 Å². The highest BCUT2D eigenvalue weighted by atomic mass is 35.7. The molecule has 0 spiro atoms. The minimum Gasteiger partial charge on any atom is -0.332 e. The van der Waals surface area contributed by atoms with Gasteiger partial charge in [0.2, 0.25) is 5.91 Å². The zero-order valence-electron chi connectivity index (χ0n) is 15.2. The van der Waals surface area contributed by atoms with E-state index in [1.165, 1.54) is 24.3 Å². The first kappa shape index (κ1) is 19.8. The van der Waals surface area contributed by atoms with Gasteiger partial charge in [-0.25, -0.2) is 13.4 Å². The van der Waals surface area contributed by atoms with Gasteiger partial charge in [0.25, 0.3) is 15.0 Å². The SMILES string of the molecule is CC(=O)Nc1nc(C)c(-c2cc3c(c(S(=O)(=O)Cl)c2)C(=O)N(C(C)C)C3)s1. The van der Waals surface area contributed by atoms with Crippen molar-refractivity contribution in [3.05, 3.63) is 29.0 Å². The lowest BCUT2D eigenvalue weighted by Gasteiger charge is -2.19. The second kappa shape index (κ2) is 6.88. The molecule has 2 aromatic rings. The van der Waals surface area contributed by atoms with Crippen molar-refractivity contribution < 1.29 is 18.0 Å². The first-order valence-corrected chi connectivity index (χ1v) is 11.3. The van der Waals surface area contributed by atoms with Crippen molar-refractivity contribution >= 4 is 48.0 Å². The number of hydrogen-bond acceptors (Lipinski definition) is 6. The van der Waals surface area contributed by atoms with Crippen LogP contribution in [0.2, 0.25) is 0 Å². The van der Waals surface area contributed by atoms with Crippen molar-refractivity contribution in [2.45, 2.75) is 45.2 Å². The van der Waals surface area contributed by atoms with E-state index < -0.39 is 9.05 Å². The molecule has 0 bridgehead atoms. The lowest BCUT2D eigenvalue weighted by Crippen LogP contribution is -2.31. The number of rotatable bonds is 4. The molecule has 1 aliphatic heterocycles. The number of thiazole rings is 1. The highest BCUT2D eigenvalue weighted by Crippen LogP contribution is 2.39. The highest BCUT2D eigenvalue weighted by Gasteiger charge is 2.35. The molecule has 7 nitrogen and oxygen atoms in total. The molecule has 1 N–H and O–H groups in total. The van der Waals surface area contributed by atoms with Gasteiger partial charge in [-0.1, -0.05) is 11.3 Å². The molecule has 1 aromatic carbocycles.